The molecule has 0 aromatic rings. The van der Waals surface area contributed by atoms with Crippen LogP contribution in [0.15, 0.2) is 0 Å². The van der Waals surface area contributed by atoms with Gasteiger partial charge in [-0.25, -0.2) is 4.31 Å². The fraction of sp³-hybridized carbons (Fsp3) is 1.00. The van der Waals surface area contributed by atoms with Crippen molar-refractivity contribution in [3.63, 3.8) is 0 Å². The van der Waals surface area contributed by atoms with Crippen LogP contribution in [0.3, 0.4) is 0 Å². The molecule has 2 rings (SSSR count). The molecule has 2 aliphatic rings. The molecule has 2 fully saturated rings. The summed E-state index contributed by atoms with van der Waals surface area (Å²) in [6.07, 6.45) is 13.0. The highest BCUT2D eigenvalue weighted by Gasteiger charge is 2.29. The highest BCUT2D eigenvalue weighted by atomic mass is 32.2. The molecule has 2 aliphatic carbocycles. The number of hydrogen-bond donors (Lipinski definition) is 1. The summed E-state index contributed by atoms with van der Waals surface area (Å²) < 4.78 is 2.72. The minimum absolute atomic E-state index is 0.860. The summed E-state index contributed by atoms with van der Waals surface area (Å²) in [5, 5.41) is 0.951. The number of hydrogen-bond acceptors (Lipinski definition) is 3. The Bertz CT molecular complexity index is 174. The quantitative estimate of drug-likeness (QED) is 0.451. The Balaban J connectivity index is 1.90. The Labute approximate surface area is 104 Å². The third-order valence-corrected chi connectivity index (χ3v) is 5.18. The van der Waals surface area contributed by atoms with Gasteiger partial charge in [0.05, 0.1) is 5.08 Å². The van der Waals surface area contributed by atoms with Gasteiger partial charge in [0.2, 0.25) is 0 Å². The topological polar surface area (TPSA) is 3.24 Å². The van der Waals surface area contributed by atoms with Gasteiger partial charge in [0.25, 0.3) is 0 Å². The molecule has 0 atom stereocenters. The summed E-state index contributed by atoms with van der Waals surface area (Å²) in [6, 6.07) is 1.73. The fourth-order valence-corrected chi connectivity index (χ4v) is 4.45. The van der Waals surface area contributed by atoms with Gasteiger partial charge < -0.3 is 0 Å². The lowest BCUT2D eigenvalue weighted by molar-refractivity contribution is 0.222. The van der Waals surface area contributed by atoms with Crippen LogP contribution >= 0.6 is 24.6 Å². The zero-order valence-corrected chi connectivity index (χ0v) is 11.2. The fourth-order valence-electron chi connectivity index (χ4n) is 3.07. The molecule has 0 amide bonds. The van der Waals surface area contributed by atoms with Gasteiger partial charge in [-0.15, -0.1) is 0 Å². The molecule has 0 bridgehead atoms. The average Bonchev–Trinajstić information content (AvgIpc) is 2.80. The average molecular weight is 245 g/mol. The molecule has 2 saturated carbocycles. The molecule has 0 spiro atoms. The molecular formula is C12H23NS2. The van der Waals surface area contributed by atoms with Crippen LogP contribution in [0, 0.1) is 0 Å². The molecule has 15 heavy (non-hydrogen) atoms. The lowest BCUT2D eigenvalue weighted by atomic mass is 9.94. The maximum atomic E-state index is 4.39. The Morgan fingerprint density at radius 1 is 0.867 bits per heavy atom. The molecule has 0 N–H and O–H groups in total. The molecule has 1 nitrogen and oxygen atoms in total. The van der Waals surface area contributed by atoms with Gasteiger partial charge >= 0.3 is 0 Å². The molecule has 0 radical (unpaired) electrons. The van der Waals surface area contributed by atoms with E-state index in [1.807, 2.05) is 11.9 Å². The third-order valence-electron chi connectivity index (χ3n) is 3.83. The van der Waals surface area contributed by atoms with Gasteiger partial charge in [-0.3, -0.25) is 0 Å². The minimum atomic E-state index is 0.860. The van der Waals surface area contributed by atoms with E-state index in [4.69, 9.17) is 0 Å². The smallest absolute Gasteiger partial charge is 0.0509 e. The van der Waals surface area contributed by atoms with Gasteiger partial charge in [-0.1, -0.05) is 44.1 Å². The van der Waals surface area contributed by atoms with Crippen molar-refractivity contribution >= 4 is 24.6 Å². The van der Waals surface area contributed by atoms with Crippen LogP contribution in [0.5, 0.6) is 0 Å². The normalized spacial score (nSPS) is 25.2. The van der Waals surface area contributed by atoms with E-state index in [2.05, 4.69) is 16.9 Å². The standard InChI is InChI=1S/C12H23NS2/c14-10-15-13(12-8-4-5-9-12)11-6-2-1-3-7-11/h11-12,14H,1-10H2. The van der Waals surface area contributed by atoms with Gasteiger partial charge in [0.1, 0.15) is 0 Å². The number of rotatable bonds is 4. The summed E-state index contributed by atoms with van der Waals surface area (Å²) in [5.74, 6) is 0. The Hall–Kier alpha value is 0.660. The molecule has 0 aromatic heterocycles. The van der Waals surface area contributed by atoms with Crippen LogP contribution in [-0.4, -0.2) is 21.5 Å². The van der Waals surface area contributed by atoms with E-state index >= 15 is 0 Å². The van der Waals surface area contributed by atoms with Crippen molar-refractivity contribution in [1.29, 1.82) is 0 Å². The summed E-state index contributed by atoms with van der Waals surface area (Å²) in [7, 11) is 0. The molecule has 3 heteroatoms. The zero-order chi connectivity index (χ0) is 10.5. The van der Waals surface area contributed by atoms with Crippen molar-refractivity contribution in [2.24, 2.45) is 0 Å². The van der Waals surface area contributed by atoms with E-state index in [1.165, 1.54) is 57.8 Å². The van der Waals surface area contributed by atoms with E-state index in [0.717, 1.165) is 17.2 Å². The first kappa shape index (κ1) is 12.1. The van der Waals surface area contributed by atoms with Crippen molar-refractivity contribution in [1.82, 2.24) is 4.31 Å². The van der Waals surface area contributed by atoms with Crippen molar-refractivity contribution in [3.8, 4) is 0 Å². The van der Waals surface area contributed by atoms with Crippen molar-refractivity contribution < 1.29 is 0 Å². The molecule has 0 aromatic carbocycles. The maximum Gasteiger partial charge on any atom is 0.0509 e. The molecule has 0 aliphatic heterocycles. The SMILES string of the molecule is SCSN(C1CCCCC1)C1CCCC1. The summed E-state index contributed by atoms with van der Waals surface area (Å²) in [6.45, 7) is 0. The predicted molar refractivity (Wildman–Crippen MR) is 72.4 cm³/mol. The van der Waals surface area contributed by atoms with E-state index in [0.29, 0.717) is 0 Å². The molecular weight excluding hydrogens is 222 g/mol. The van der Waals surface area contributed by atoms with Gasteiger partial charge in [0.15, 0.2) is 0 Å². The Morgan fingerprint density at radius 3 is 1.80 bits per heavy atom. The monoisotopic (exact) mass is 245 g/mol. The third kappa shape index (κ3) is 3.31. The van der Waals surface area contributed by atoms with Crippen LogP contribution in [0.25, 0.3) is 0 Å². The lowest BCUT2D eigenvalue weighted by Gasteiger charge is -2.37. The zero-order valence-electron chi connectivity index (χ0n) is 9.53. The summed E-state index contributed by atoms with van der Waals surface area (Å²) >= 11 is 6.37. The van der Waals surface area contributed by atoms with Crippen LogP contribution < -0.4 is 0 Å². The summed E-state index contributed by atoms with van der Waals surface area (Å²) in [5.41, 5.74) is 0. The largest absolute Gasteiger partial charge is 0.244 e. The van der Waals surface area contributed by atoms with Crippen LogP contribution in [0.2, 0.25) is 0 Å². The summed E-state index contributed by atoms with van der Waals surface area (Å²) in [4.78, 5) is 0. The predicted octanol–water partition coefficient (Wildman–Crippen LogP) is 4.10. The molecule has 0 saturated heterocycles. The second kappa shape index (κ2) is 6.41. The number of nitrogens with zero attached hydrogens (tertiary/aromatic N) is 1. The molecule has 0 heterocycles. The van der Waals surface area contributed by atoms with Gasteiger partial charge in [0, 0.05) is 12.1 Å². The molecule has 88 valence electrons. The highest BCUT2D eigenvalue weighted by Crippen LogP contribution is 2.35. The first-order chi connectivity index (χ1) is 7.42. The second-order valence-electron chi connectivity index (χ2n) is 4.85. The first-order valence-corrected chi connectivity index (χ1v) is 8.01. The number of thiol groups is 1. The maximum absolute atomic E-state index is 4.39. The lowest BCUT2D eigenvalue weighted by Crippen LogP contribution is -2.38. The van der Waals surface area contributed by atoms with Gasteiger partial charge in [-0.2, -0.15) is 12.6 Å². The molecule has 0 unspecified atom stereocenters. The van der Waals surface area contributed by atoms with E-state index in [-0.39, 0.29) is 0 Å². The minimum Gasteiger partial charge on any atom is -0.244 e. The second-order valence-corrected chi connectivity index (χ2v) is 6.56. The van der Waals surface area contributed by atoms with E-state index < -0.39 is 0 Å². The van der Waals surface area contributed by atoms with Crippen molar-refractivity contribution in [2.45, 2.75) is 69.9 Å². The van der Waals surface area contributed by atoms with Gasteiger partial charge in [-0.05, 0) is 25.7 Å². The Morgan fingerprint density at radius 2 is 1.33 bits per heavy atom. The highest BCUT2D eigenvalue weighted by molar-refractivity contribution is 8.07. The van der Waals surface area contributed by atoms with E-state index in [9.17, 15) is 0 Å². The van der Waals surface area contributed by atoms with Crippen LogP contribution in [-0.2, 0) is 0 Å². The van der Waals surface area contributed by atoms with Crippen molar-refractivity contribution in [3.05, 3.63) is 0 Å². The van der Waals surface area contributed by atoms with Crippen molar-refractivity contribution in [2.75, 3.05) is 5.08 Å². The van der Waals surface area contributed by atoms with Crippen LogP contribution in [0.4, 0.5) is 0 Å². The Kier molecular flexibility index (Phi) is 5.18. The van der Waals surface area contributed by atoms with E-state index in [1.54, 1.807) is 0 Å². The van der Waals surface area contributed by atoms with Crippen LogP contribution in [0.1, 0.15) is 57.8 Å². The first-order valence-electron chi connectivity index (χ1n) is 6.44.